The number of hydrogen-bond acceptors (Lipinski definition) is 3. The largest absolute Gasteiger partial charge is 1.00 e. The topological polar surface area (TPSA) is 57.2 Å². The van der Waals surface area contributed by atoms with Crippen molar-refractivity contribution >= 4 is 10.1 Å². The molecule has 60 valence electrons. The van der Waals surface area contributed by atoms with Gasteiger partial charge in [-0.15, -0.1) is 0 Å². The van der Waals surface area contributed by atoms with Crippen molar-refractivity contribution < 1.29 is 42.5 Å². The molecule has 0 amide bonds. The molecule has 0 radical (unpaired) electrons. The zero-order chi connectivity index (χ0) is 7.83. The van der Waals surface area contributed by atoms with Crippen molar-refractivity contribution in [3.63, 3.8) is 0 Å². The van der Waals surface area contributed by atoms with Gasteiger partial charge in [0.05, 0.1) is 4.75 Å². The van der Waals surface area contributed by atoms with Gasteiger partial charge in [-0.25, -0.2) is 8.42 Å². The van der Waals surface area contributed by atoms with E-state index in [1.54, 1.807) is 6.92 Å². The summed E-state index contributed by atoms with van der Waals surface area (Å²) < 4.78 is 30.8. The Balaban J connectivity index is 0.000001000. The van der Waals surface area contributed by atoms with Gasteiger partial charge in [0.1, 0.15) is 10.1 Å². The van der Waals surface area contributed by atoms with Gasteiger partial charge < -0.3 is 4.55 Å². The van der Waals surface area contributed by atoms with Gasteiger partial charge in [-0.2, -0.15) is 0 Å². The zero-order valence-corrected chi connectivity index (χ0v) is 9.78. The number of rotatable bonds is 1. The second kappa shape index (κ2) is 3.75. The van der Waals surface area contributed by atoms with E-state index in [2.05, 4.69) is 0 Å². The molecule has 1 rings (SSSR count). The first-order chi connectivity index (χ1) is 4.46. The summed E-state index contributed by atoms with van der Waals surface area (Å²) in [5, 5.41) is 0. The molecular weight excluding hydrogens is 175 g/mol. The summed E-state index contributed by atoms with van der Waals surface area (Å²) in [6.45, 7) is 1.54. The van der Waals surface area contributed by atoms with Crippen LogP contribution >= 0.6 is 0 Å². The Morgan fingerprint density at radius 1 is 1.27 bits per heavy atom. The fourth-order valence-electron chi connectivity index (χ4n) is 1.37. The molecule has 0 spiro atoms. The minimum atomic E-state index is -4.05. The molecule has 1 fully saturated rings. The van der Waals surface area contributed by atoms with Crippen molar-refractivity contribution in [1.82, 2.24) is 0 Å². The maximum atomic E-state index is 10.6. The molecule has 3 nitrogen and oxygen atoms in total. The standard InChI is InChI=1S/C6H12O3S.Na/c1-6(10(7,8)9)4-2-3-5-6;/h2-5H2,1H3,(H,7,8,9);/q;+1/p-1. The Labute approximate surface area is 89.6 Å². The Kier molecular flexibility index (Phi) is 4.06. The maximum absolute atomic E-state index is 10.6. The Morgan fingerprint density at radius 3 is 1.82 bits per heavy atom. The molecule has 0 aromatic carbocycles. The summed E-state index contributed by atoms with van der Waals surface area (Å²) in [6, 6.07) is 0. The van der Waals surface area contributed by atoms with Crippen molar-refractivity contribution in [3.8, 4) is 0 Å². The van der Waals surface area contributed by atoms with E-state index in [9.17, 15) is 13.0 Å². The predicted molar refractivity (Wildman–Crippen MR) is 36.6 cm³/mol. The normalized spacial score (nSPS) is 22.7. The van der Waals surface area contributed by atoms with Crippen LogP contribution in [0.4, 0.5) is 0 Å². The van der Waals surface area contributed by atoms with Crippen molar-refractivity contribution in [2.75, 3.05) is 0 Å². The average molecular weight is 186 g/mol. The molecule has 0 bridgehead atoms. The number of hydrogen-bond donors (Lipinski definition) is 0. The van der Waals surface area contributed by atoms with Crippen molar-refractivity contribution in [3.05, 3.63) is 0 Å². The molecule has 0 atom stereocenters. The van der Waals surface area contributed by atoms with Crippen molar-refractivity contribution in [1.29, 1.82) is 0 Å². The first-order valence-electron chi connectivity index (χ1n) is 3.41. The zero-order valence-electron chi connectivity index (χ0n) is 6.96. The first-order valence-corrected chi connectivity index (χ1v) is 4.82. The predicted octanol–water partition coefficient (Wildman–Crippen LogP) is -2.13. The minimum absolute atomic E-state index is 0. The molecule has 0 aliphatic heterocycles. The maximum Gasteiger partial charge on any atom is 1.00 e. The van der Waals surface area contributed by atoms with Crippen LogP contribution in [0, 0.1) is 0 Å². The van der Waals surface area contributed by atoms with Gasteiger partial charge in [0.25, 0.3) is 0 Å². The van der Waals surface area contributed by atoms with E-state index in [-0.39, 0.29) is 29.6 Å². The quantitative estimate of drug-likeness (QED) is 0.347. The van der Waals surface area contributed by atoms with Crippen LogP contribution in [0.3, 0.4) is 0 Å². The third-order valence-electron chi connectivity index (χ3n) is 2.26. The summed E-state index contributed by atoms with van der Waals surface area (Å²) in [5.41, 5.74) is 0. The van der Waals surface area contributed by atoms with Gasteiger partial charge in [-0.1, -0.05) is 12.8 Å². The second-order valence-corrected chi connectivity index (χ2v) is 5.00. The van der Waals surface area contributed by atoms with Gasteiger partial charge in [0, 0.05) is 0 Å². The minimum Gasteiger partial charge on any atom is -0.748 e. The van der Waals surface area contributed by atoms with Crippen LogP contribution in [0.25, 0.3) is 0 Å². The molecule has 1 aliphatic rings. The molecule has 0 N–H and O–H groups in total. The fourth-order valence-corrected chi connectivity index (χ4v) is 2.16. The van der Waals surface area contributed by atoms with Crippen LogP contribution in [0.5, 0.6) is 0 Å². The molecule has 0 aromatic rings. The van der Waals surface area contributed by atoms with E-state index < -0.39 is 14.9 Å². The van der Waals surface area contributed by atoms with E-state index in [1.165, 1.54) is 0 Å². The van der Waals surface area contributed by atoms with Gasteiger partial charge in [-0.3, -0.25) is 0 Å². The molecule has 0 saturated heterocycles. The van der Waals surface area contributed by atoms with E-state index in [4.69, 9.17) is 0 Å². The Morgan fingerprint density at radius 2 is 1.64 bits per heavy atom. The smallest absolute Gasteiger partial charge is 0.748 e. The average Bonchev–Trinajstić information content (AvgIpc) is 2.13. The molecular formula is C6H11NaO3S. The summed E-state index contributed by atoms with van der Waals surface area (Å²) >= 11 is 0. The summed E-state index contributed by atoms with van der Waals surface area (Å²) in [6.07, 6.45) is 2.83. The van der Waals surface area contributed by atoms with Crippen LogP contribution in [-0.4, -0.2) is 17.7 Å². The Bertz CT molecular complexity index is 216. The van der Waals surface area contributed by atoms with Gasteiger partial charge in [0.15, 0.2) is 0 Å². The van der Waals surface area contributed by atoms with Crippen molar-refractivity contribution in [2.24, 2.45) is 0 Å². The molecule has 0 unspecified atom stereocenters. The Hall–Kier alpha value is 0.910. The SMILES string of the molecule is CC1(S(=O)(=O)[O-])CCCC1.[Na+]. The second-order valence-electron chi connectivity index (χ2n) is 3.11. The molecule has 5 heteroatoms. The van der Waals surface area contributed by atoms with E-state index in [0.29, 0.717) is 12.8 Å². The molecule has 11 heavy (non-hydrogen) atoms. The van der Waals surface area contributed by atoms with Gasteiger partial charge in [0.2, 0.25) is 0 Å². The molecule has 0 heterocycles. The van der Waals surface area contributed by atoms with Crippen LogP contribution in [0.1, 0.15) is 32.6 Å². The van der Waals surface area contributed by atoms with Crippen LogP contribution in [-0.2, 0) is 10.1 Å². The molecule has 1 saturated carbocycles. The van der Waals surface area contributed by atoms with Crippen LogP contribution in [0.15, 0.2) is 0 Å². The van der Waals surface area contributed by atoms with Crippen LogP contribution in [0.2, 0.25) is 0 Å². The third kappa shape index (κ3) is 2.42. The van der Waals surface area contributed by atoms with E-state index in [1.807, 2.05) is 0 Å². The van der Waals surface area contributed by atoms with E-state index in [0.717, 1.165) is 12.8 Å². The summed E-state index contributed by atoms with van der Waals surface area (Å²) in [5.74, 6) is 0. The molecule has 1 aliphatic carbocycles. The first kappa shape index (κ1) is 11.9. The van der Waals surface area contributed by atoms with Crippen molar-refractivity contribution in [2.45, 2.75) is 37.4 Å². The summed E-state index contributed by atoms with van der Waals surface area (Å²) in [4.78, 5) is 0. The van der Waals surface area contributed by atoms with Crippen LogP contribution < -0.4 is 29.6 Å². The van der Waals surface area contributed by atoms with E-state index >= 15 is 0 Å². The summed E-state index contributed by atoms with van der Waals surface area (Å²) in [7, 11) is -4.05. The fraction of sp³-hybridized carbons (Fsp3) is 1.00. The third-order valence-corrected chi connectivity index (χ3v) is 3.88. The van der Waals surface area contributed by atoms with Gasteiger partial charge >= 0.3 is 29.6 Å². The monoisotopic (exact) mass is 186 g/mol. The van der Waals surface area contributed by atoms with Gasteiger partial charge in [-0.05, 0) is 19.8 Å². The molecule has 0 aromatic heterocycles.